The monoisotopic (exact) mass is 412 g/mol. The van der Waals surface area contributed by atoms with Crippen LogP contribution in [0.1, 0.15) is 15.9 Å². The average Bonchev–Trinajstić information content (AvgIpc) is 2.66. The molecule has 2 aromatic rings. The highest BCUT2D eigenvalue weighted by atomic mass is 35.5. The van der Waals surface area contributed by atoms with Crippen LogP contribution in [0.2, 0.25) is 5.02 Å². The van der Waals surface area contributed by atoms with E-state index in [2.05, 4.69) is 15.4 Å². The van der Waals surface area contributed by atoms with Crippen molar-refractivity contribution >= 4 is 23.4 Å². The van der Waals surface area contributed by atoms with Crippen LogP contribution >= 0.6 is 11.6 Å². The van der Waals surface area contributed by atoms with Crippen molar-refractivity contribution in [3.05, 3.63) is 58.6 Å². The molecule has 0 aliphatic heterocycles. The van der Waals surface area contributed by atoms with Gasteiger partial charge in [0.1, 0.15) is 0 Å². The lowest BCUT2D eigenvalue weighted by Gasteiger charge is -2.12. The Kier molecular flexibility index (Phi) is 8.01. The number of amides is 2. The molecule has 0 aromatic heterocycles. The number of carbonyl (C=O) groups is 2. The van der Waals surface area contributed by atoms with E-state index in [1.54, 1.807) is 24.3 Å². The zero-order chi connectivity index (χ0) is 20.5. The van der Waals surface area contributed by atoms with E-state index in [1.165, 1.54) is 25.3 Å². The largest absolute Gasteiger partial charge is 0.493 e. The molecule has 2 amide bonds. The number of ether oxygens (including phenoxy) is 2. The first kappa shape index (κ1) is 21.4. The number of rotatable bonds is 9. The number of carbonyl (C=O) groups excluding carboxylic acids is 2. The van der Waals surface area contributed by atoms with Crippen molar-refractivity contribution in [2.24, 2.45) is 0 Å². The topological polar surface area (TPSA) is 76.7 Å². The first-order valence-corrected chi connectivity index (χ1v) is 8.69. The normalized spacial score (nSPS) is 10.5. The molecule has 0 radical (unpaired) electrons. The van der Waals surface area contributed by atoms with Gasteiger partial charge in [-0.2, -0.15) is 8.78 Å². The van der Waals surface area contributed by atoms with Gasteiger partial charge >= 0.3 is 6.61 Å². The van der Waals surface area contributed by atoms with E-state index < -0.39 is 12.5 Å². The number of methoxy groups -OCH3 is 1. The average molecular weight is 413 g/mol. The van der Waals surface area contributed by atoms with Gasteiger partial charge in [0.15, 0.2) is 11.5 Å². The molecule has 28 heavy (non-hydrogen) atoms. The van der Waals surface area contributed by atoms with Crippen LogP contribution in [0.25, 0.3) is 0 Å². The molecule has 0 atom stereocenters. The van der Waals surface area contributed by atoms with E-state index in [0.29, 0.717) is 22.6 Å². The fourth-order valence-corrected chi connectivity index (χ4v) is 2.56. The number of benzene rings is 2. The maximum absolute atomic E-state index is 12.4. The first-order valence-electron chi connectivity index (χ1n) is 8.31. The summed E-state index contributed by atoms with van der Waals surface area (Å²) in [4.78, 5) is 23.8. The number of hydrogen-bond donors (Lipinski definition) is 2. The van der Waals surface area contributed by atoms with Crippen LogP contribution in [0.3, 0.4) is 0 Å². The van der Waals surface area contributed by atoms with Gasteiger partial charge in [-0.3, -0.25) is 9.59 Å². The standard InChI is InChI=1S/C19H19ClF2N2O4/c1-27-15-6-5-12(9-16(15)28-19(21)22)7-8-23-17(25)11-24-18(26)13-3-2-4-14(20)10-13/h2-6,9-10,19H,7-8,11H2,1H3,(H,23,25)(H,24,26). The lowest BCUT2D eigenvalue weighted by atomic mass is 10.1. The van der Waals surface area contributed by atoms with Crippen molar-refractivity contribution in [3.8, 4) is 11.5 Å². The lowest BCUT2D eigenvalue weighted by molar-refractivity contribution is -0.120. The zero-order valence-electron chi connectivity index (χ0n) is 15.0. The molecule has 0 aliphatic carbocycles. The van der Waals surface area contributed by atoms with E-state index in [9.17, 15) is 18.4 Å². The molecule has 0 saturated heterocycles. The molecule has 0 heterocycles. The molecule has 0 bridgehead atoms. The zero-order valence-corrected chi connectivity index (χ0v) is 15.8. The molecule has 2 aromatic carbocycles. The van der Waals surface area contributed by atoms with Gasteiger partial charge in [-0.15, -0.1) is 0 Å². The Morgan fingerprint density at radius 2 is 1.89 bits per heavy atom. The molecule has 0 aliphatic rings. The summed E-state index contributed by atoms with van der Waals surface area (Å²) in [7, 11) is 1.35. The van der Waals surface area contributed by atoms with E-state index in [4.69, 9.17) is 16.3 Å². The van der Waals surface area contributed by atoms with Gasteiger partial charge in [-0.05, 0) is 42.3 Å². The predicted octanol–water partition coefficient (Wildman–Crippen LogP) is 3.04. The highest BCUT2D eigenvalue weighted by molar-refractivity contribution is 6.30. The van der Waals surface area contributed by atoms with Crippen LogP contribution in [0.4, 0.5) is 8.78 Å². The van der Waals surface area contributed by atoms with Crippen molar-refractivity contribution in [2.45, 2.75) is 13.0 Å². The number of halogens is 3. The Balaban J connectivity index is 1.79. The quantitative estimate of drug-likeness (QED) is 0.663. The first-order chi connectivity index (χ1) is 13.4. The molecule has 0 spiro atoms. The lowest BCUT2D eigenvalue weighted by Crippen LogP contribution is -2.37. The minimum atomic E-state index is -2.97. The fraction of sp³-hybridized carbons (Fsp3) is 0.263. The van der Waals surface area contributed by atoms with Crippen LogP contribution in [-0.4, -0.2) is 38.6 Å². The van der Waals surface area contributed by atoms with Gasteiger partial charge in [-0.1, -0.05) is 23.7 Å². The van der Waals surface area contributed by atoms with Gasteiger partial charge in [0.25, 0.3) is 5.91 Å². The van der Waals surface area contributed by atoms with Crippen molar-refractivity contribution < 1.29 is 27.8 Å². The van der Waals surface area contributed by atoms with Crippen LogP contribution < -0.4 is 20.1 Å². The summed E-state index contributed by atoms with van der Waals surface area (Å²) < 4.78 is 34.3. The molecule has 2 N–H and O–H groups in total. The second kappa shape index (κ2) is 10.5. The summed E-state index contributed by atoms with van der Waals surface area (Å²) >= 11 is 5.82. The summed E-state index contributed by atoms with van der Waals surface area (Å²) in [5.74, 6) is -0.679. The minimum Gasteiger partial charge on any atom is -0.493 e. The highest BCUT2D eigenvalue weighted by Gasteiger charge is 2.12. The Labute approximate surface area is 165 Å². The number of alkyl halides is 2. The molecule has 2 rings (SSSR count). The van der Waals surface area contributed by atoms with E-state index in [-0.39, 0.29) is 30.5 Å². The summed E-state index contributed by atoms with van der Waals surface area (Å²) in [5.41, 5.74) is 1.03. The maximum atomic E-state index is 12.4. The van der Waals surface area contributed by atoms with E-state index >= 15 is 0 Å². The van der Waals surface area contributed by atoms with Gasteiger partial charge < -0.3 is 20.1 Å². The van der Waals surface area contributed by atoms with Crippen molar-refractivity contribution in [1.82, 2.24) is 10.6 Å². The van der Waals surface area contributed by atoms with Crippen LogP contribution in [-0.2, 0) is 11.2 Å². The fourth-order valence-electron chi connectivity index (χ4n) is 2.37. The maximum Gasteiger partial charge on any atom is 0.387 e. The SMILES string of the molecule is COc1ccc(CCNC(=O)CNC(=O)c2cccc(Cl)c2)cc1OC(F)F. The molecular weight excluding hydrogens is 394 g/mol. The second-order valence-corrected chi connectivity index (χ2v) is 6.09. The number of nitrogens with one attached hydrogen (secondary N) is 2. The van der Waals surface area contributed by atoms with E-state index in [1.807, 2.05) is 0 Å². The molecular formula is C19H19ClF2N2O4. The summed E-state index contributed by atoms with van der Waals surface area (Å²) in [6, 6.07) is 11.0. The van der Waals surface area contributed by atoms with Crippen molar-refractivity contribution in [1.29, 1.82) is 0 Å². The predicted molar refractivity (Wildman–Crippen MR) is 100 cm³/mol. The molecule has 150 valence electrons. The number of hydrogen-bond acceptors (Lipinski definition) is 4. The third kappa shape index (κ3) is 6.70. The van der Waals surface area contributed by atoms with Crippen LogP contribution in [0.15, 0.2) is 42.5 Å². The Morgan fingerprint density at radius 3 is 2.57 bits per heavy atom. The van der Waals surface area contributed by atoms with E-state index in [0.717, 1.165) is 0 Å². The molecule has 0 saturated carbocycles. The summed E-state index contributed by atoms with van der Waals surface area (Å²) in [5, 5.41) is 5.55. The Hall–Kier alpha value is -2.87. The molecule has 0 unspecified atom stereocenters. The second-order valence-electron chi connectivity index (χ2n) is 5.66. The Bertz CT molecular complexity index is 833. The molecule has 9 heteroatoms. The van der Waals surface area contributed by atoms with Crippen molar-refractivity contribution in [2.75, 3.05) is 20.2 Å². The van der Waals surface area contributed by atoms with Gasteiger partial charge in [0.05, 0.1) is 13.7 Å². The van der Waals surface area contributed by atoms with Gasteiger partial charge in [-0.25, -0.2) is 0 Å². The third-order valence-corrected chi connectivity index (χ3v) is 3.91. The smallest absolute Gasteiger partial charge is 0.387 e. The molecule has 0 fully saturated rings. The molecule has 6 nitrogen and oxygen atoms in total. The van der Waals surface area contributed by atoms with Crippen LogP contribution in [0.5, 0.6) is 11.5 Å². The van der Waals surface area contributed by atoms with Gasteiger partial charge in [0, 0.05) is 17.1 Å². The highest BCUT2D eigenvalue weighted by Crippen LogP contribution is 2.29. The summed E-state index contributed by atoms with van der Waals surface area (Å²) in [6.45, 7) is -2.91. The van der Waals surface area contributed by atoms with Crippen molar-refractivity contribution in [3.63, 3.8) is 0 Å². The Morgan fingerprint density at radius 1 is 1.11 bits per heavy atom. The van der Waals surface area contributed by atoms with Gasteiger partial charge in [0.2, 0.25) is 5.91 Å². The third-order valence-electron chi connectivity index (χ3n) is 3.68. The minimum absolute atomic E-state index is 0.0740. The van der Waals surface area contributed by atoms with Crippen LogP contribution in [0, 0.1) is 0 Å². The summed E-state index contributed by atoms with van der Waals surface area (Å²) in [6.07, 6.45) is 0.386.